The van der Waals surface area contributed by atoms with Crippen molar-refractivity contribution in [3.05, 3.63) is 28.8 Å². The molecule has 0 atom stereocenters. The fraction of sp³-hybridized carbons (Fsp3) is 0.625. The second-order valence-electron chi connectivity index (χ2n) is 5.94. The van der Waals surface area contributed by atoms with Gasteiger partial charge in [0.15, 0.2) is 0 Å². The van der Waals surface area contributed by atoms with Crippen molar-refractivity contribution in [2.75, 3.05) is 12.9 Å². The van der Waals surface area contributed by atoms with Crippen LogP contribution in [0.1, 0.15) is 50.3 Å². The van der Waals surface area contributed by atoms with Crippen LogP contribution >= 0.6 is 12.6 Å². The minimum absolute atomic E-state index is 0.121. The fourth-order valence-corrected chi connectivity index (χ4v) is 2.48. The summed E-state index contributed by atoms with van der Waals surface area (Å²) in [5.41, 5.74) is 4.09. The first-order valence-corrected chi connectivity index (χ1v) is 7.32. The van der Waals surface area contributed by atoms with Crippen molar-refractivity contribution in [2.45, 2.75) is 52.4 Å². The van der Waals surface area contributed by atoms with Gasteiger partial charge >= 0.3 is 0 Å². The Morgan fingerprint density at radius 1 is 1.17 bits per heavy atom. The summed E-state index contributed by atoms with van der Waals surface area (Å²) in [4.78, 5) is 0. The number of rotatable bonds is 5. The summed E-state index contributed by atoms with van der Waals surface area (Å²) in [6, 6.07) is 4.51. The second-order valence-corrected chi connectivity index (χ2v) is 6.38. The highest BCUT2D eigenvalue weighted by atomic mass is 32.1. The minimum Gasteiger partial charge on any atom is -0.496 e. The highest BCUT2D eigenvalue weighted by molar-refractivity contribution is 7.80. The molecule has 0 saturated heterocycles. The molecule has 0 amide bonds. The van der Waals surface area contributed by atoms with Gasteiger partial charge in [-0.15, -0.1) is 0 Å². The molecule has 0 aromatic heterocycles. The van der Waals surface area contributed by atoms with Gasteiger partial charge in [-0.1, -0.05) is 38.5 Å². The minimum atomic E-state index is 0.121. The zero-order valence-corrected chi connectivity index (χ0v) is 13.2. The van der Waals surface area contributed by atoms with E-state index in [2.05, 4.69) is 52.5 Å². The number of methoxy groups -OCH3 is 1. The van der Waals surface area contributed by atoms with Crippen LogP contribution in [-0.4, -0.2) is 12.9 Å². The highest BCUT2D eigenvalue weighted by Crippen LogP contribution is 2.35. The van der Waals surface area contributed by atoms with Crippen molar-refractivity contribution in [3.8, 4) is 5.75 Å². The van der Waals surface area contributed by atoms with Gasteiger partial charge in [0.2, 0.25) is 0 Å². The van der Waals surface area contributed by atoms with Crippen molar-refractivity contribution in [1.82, 2.24) is 0 Å². The Morgan fingerprint density at radius 2 is 1.83 bits per heavy atom. The van der Waals surface area contributed by atoms with E-state index in [4.69, 9.17) is 4.74 Å². The van der Waals surface area contributed by atoms with Crippen LogP contribution in [0.4, 0.5) is 0 Å². The molecule has 18 heavy (non-hydrogen) atoms. The van der Waals surface area contributed by atoms with Crippen LogP contribution in [0.25, 0.3) is 0 Å². The largest absolute Gasteiger partial charge is 0.496 e. The quantitative estimate of drug-likeness (QED) is 0.607. The highest BCUT2D eigenvalue weighted by Gasteiger charge is 2.21. The normalized spacial score (nSPS) is 11.7. The summed E-state index contributed by atoms with van der Waals surface area (Å²) >= 11 is 4.27. The first-order chi connectivity index (χ1) is 8.40. The standard InChI is InChI=1S/C16H26OS/c1-12-10-13(8-6-7-9-18)15(17-5)14(11-12)16(2,3)4/h10-11,18H,6-9H2,1-5H3. The molecular weight excluding hydrogens is 240 g/mol. The maximum atomic E-state index is 5.67. The molecule has 1 nitrogen and oxygen atoms in total. The van der Waals surface area contributed by atoms with E-state index in [1.165, 1.54) is 23.1 Å². The van der Waals surface area contributed by atoms with E-state index in [9.17, 15) is 0 Å². The second kappa shape index (κ2) is 6.51. The zero-order valence-electron chi connectivity index (χ0n) is 12.3. The number of unbranched alkanes of at least 4 members (excludes halogenated alkanes) is 1. The molecule has 1 aromatic carbocycles. The number of aryl methyl sites for hydroxylation is 2. The Labute approximate surface area is 117 Å². The van der Waals surface area contributed by atoms with Gasteiger partial charge in [0.1, 0.15) is 5.75 Å². The van der Waals surface area contributed by atoms with Crippen molar-refractivity contribution in [3.63, 3.8) is 0 Å². The smallest absolute Gasteiger partial charge is 0.125 e. The van der Waals surface area contributed by atoms with Crippen LogP contribution in [0.15, 0.2) is 12.1 Å². The third-order valence-corrected chi connectivity index (χ3v) is 3.49. The van der Waals surface area contributed by atoms with Gasteiger partial charge in [-0.3, -0.25) is 0 Å². The van der Waals surface area contributed by atoms with Crippen molar-refractivity contribution < 1.29 is 4.74 Å². The summed E-state index contributed by atoms with van der Waals surface area (Å²) in [5, 5.41) is 0. The van der Waals surface area contributed by atoms with Crippen molar-refractivity contribution in [2.24, 2.45) is 0 Å². The molecule has 102 valence electrons. The molecule has 0 heterocycles. The number of benzene rings is 1. The van der Waals surface area contributed by atoms with Gasteiger partial charge in [0, 0.05) is 5.56 Å². The molecular formula is C16H26OS. The van der Waals surface area contributed by atoms with Gasteiger partial charge < -0.3 is 4.74 Å². The van der Waals surface area contributed by atoms with Crippen LogP contribution < -0.4 is 4.74 Å². The first-order valence-electron chi connectivity index (χ1n) is 6.69. The Morgan fingerprint density at radius 3 is 2.33 bits per heavy atom. The van der Waals surface area contributed by atoms with Crippen LogP contribution in [0, 0.1) is 6.92 Å². The average Bonchev–Trinajstić information content (AvgIpc) is 2.27. The molecule has 1 aromatic rings. The van der Waals surface area contributed by atoms with Crippen molar-refractivity contribution >= 4 is 12.6 Å². The predicted molar refractivity (Wildman–Crippen MR) is 83.2 cm³/mol. The maximum absolute atomic E-state index is 5.67. The third kappa shape index (κ3) is 3.94. The summed E-state index contributed by atoms with van der Waals surface area (Å²) in [6.45, 7) is 8.88. The van der Waals surface area contributed by atoms with E-state index in [1.807, 2.05) is 0 Å². The van der Waals surface area contributed by atoms with Crippen LogP contribution in [0.2, 0.25) is 0 Å². The Hall–Kier alpha value is -0.630. The van der Waals surface area contributed by atoms with Crippen LogP contribution in [-0.2, 0) is 11.8 Å². The number of hydrogen-bond donors (Lipinski definition) is 1. The third-order valence-electron chi connectivity index (χ3n) is 3.18. The van der Waals surface area contributed by atoms with E-state index in [0.717, 1.165) is 24.3 Å². The molecule has 0 aliphatic rings. The lowest BCUT2D eigenvalue weighted by Gasteiger charge is -2.25. The van der Waals surface area contributed by atoms with E-state index < -0.39 is 0 Å². The van der Waals surface area contributed by atoms with E-state index in [0.29, 0.717) is 0 Å². The Balaban J connectivity index is 3.12. The lowest BCUT2D eigenvalue weighted by molar-refractivity contribution is 0.392. The van der Waals surface area contributed by atoms with E-state index >= 15 is 0 Å². The Kier molecular flexibility index (Phi) is 5.58. The summed E-state index contributed by atoms with van der Waals surface area (Å²) in [6.07, 6.45) is 3.41. The SMILES string of the molecule is COc1c(CCCCS)cc(C)cc1C(C)(C)C. The molecule has 2 heteroatoms. The molecule has 0 spiro atoms. The summed E-state index contributed by atoms with van der Waals surface area (Å²) in [5.74, 6) is 2.03. The van der Waals surface area contributed by atoms with Crippen LogP contribution in [0.3, 0.4) is 0 Å². The lowest BCUT2D eigenvalue weighted by atomic mass is 9.83. The van der Waals surface area contributed by atoms with Gasteiger partial charge in [-0.25, -0.2) is 0 Å². The molecule has 0 aliphatic carbocycles. The molecule has 0 aliphatic heterocycles. The number of thiol groups is 1. The molecule has 0 radical (unpaired) electrons. The number of hydrogen-bond acceptors (Lipinski definition) is 2. The fourth-order valence-electron chi connectivity index (χ4n) is 2.26. The van der Waals surface area contributed by atoms with Gasteiger partial charge in [0.25, 0.3) is 0 Å². The molecule has 0 unspecified atom stereocenters. The first kappa shape index (κ1) is 15.4. The number of ether oxygens (including phenoxy) is 1. The average molecular weight is 266 g/mol. The molecule has 1 rings (SSSR count). The molecule has 0 bridgehead atoms. The van der Waals surface area contributed by atoms with E-state index in [-0.39, 0.29) is 5.41 Å². The molecule has 0 N–H and O–H groups in total. The lowest BCUT2D eigenvalue weighted by Crippen LogP contribution is -2.14. The van der Waals surface area contributed by atoms with Gasteiger partial charge in [-0.05, 0) is 42.9 Å². The zero-order chi connectivity index (χ0) is 13.8. The van der Waals surface area contributed by atoms with Gasteiger partial charge in [-0.2, -0.15) is 12.6 Å². The summed E-state index contributed by atoms with van der Waals surface area (Å²) in [7, 11) is 1.78. The predicted octanol–water partition coefficient (Wildman–Crippen LogP) is 4.55. The Bertz CT molecular complexity index is 391. The van der Waals surface area contributed by atoms with Crippen molar-refractivity contribution in [1.29, 1.82) is 0 Å². The van der Waals surface area contributed by atoms with Crippen LogP contribution in [0.5, 0.6) is 5.75 Å². The van der Waals surface area contributed by atoms with E-state index in [1.54, 1.807) is 7.11 Å². The molecule has 0 fully saturated rings. The maximum Gasteiger partial charge on any atom is 0.125 e. The van der Waals surface area contributed by atoms with Gasteiger partial charge in [0.05, 0.1) is 7.11 Å². The topological polar surface area (TPSA) is 9.23 Å². The molecule has 0 saturated carbocycles. The summed E-state index contributed by atoms with van der Waals surface area (Å²) < 4.78 is 5.67. The monoisotopic (exact) mass is 266 g/mol.